The van der Waals surface area contributed by atoms with Gasteiger partial charge in [0.2, 0.25) is 17.7 Å². The maximum absolute atomic E-state index is 11.2. The van der Waals surface area contributed by atoms with Gasteiger partial charge in [-0.25, -0.2) is 5.84 Å². The van der Waals surface area contributed by atoms with Crippen molar-refractivity contribution in [2.45, 2.75) is 25.7 Å². The van der Waals surface area contributed by atoms with Gasteiger partial charge >= 0.3 is 0 Å². The average molecular weight is 199 g/mol. The highest BCUT2D eigenvalue weighted by Gasteiger charge is 2.25. The van der Waals surface area contributed by atoms with E-state index in [0.717, 1.165) is 4.90 Å². The van der Waals surface area contributed by atoms with Gasteiger partial charge in [0.05, 0.1) is 0 Å². The number of piperidine rings is 1. The standard InChI is InChI=1S/C8H13N3O3/c9-10-6(12)4-5-11-7(13)2-1-3-8(11)14/h1-5,9H2,(H,10,12). The topological polar surface area (TPSA) is 92.5 Å². The van der Waals surface area contributed by atoms with Crippen LogP contribution in [0.15, 0.2) is 0 Å². The lowest BCUT2D eigenvalue weighted by Gasteiger charge is -2.24. The van der Waals surface area contributed by atoms with Crippen LogP contribution in [0.5, 0.6) is 0 Å². The van der Waals surface area contributed by atoms with Gasteiger partial charge in [-0.15, -0.1) is 0 Å². The zero-order valence-electron chi connectivity index (χ0n) is 7.78. The highest BCUT2D eigenvalue weighted by atomic mass is 16.2. The molecule has 0 unspecified atom stereocenters. The van der Waals surface area contributed by atoms with E-state index < -0.39 is 0 Å². The number of likely N-dealkylation sites (tertiary alicyclic amines) is 1. The van der Waals surface area contributed by atoms with Crippen LogP contribution in [-0.2, 0) is 14.4 Å². The zero-order chi connectivity index (χ0) is 10.6. The molecule has 0 radical (unpaired) electrons. The number of carbonyl (C=O) groups is 3. The Labute approximate surface area is 81.4 Å². The number of hydrazine groups is 1. The molecular weight excluding hydrogens is 186 g/mol. The molecule has 0 aromatic rings. The fourth-order valence-corrected chi connectivity index (χ4v) is 1.33. The molecule has 0 saturated carbocycles. The number of hydrogen-bond acceptors (Lipinski definition) is 4. The van der Waals surface area contributed by atoms with E-state index in [1.807, 2.05) is 5.43 Å². The second-order valence-electron chi connectivity index (χ2n) is 3.11. The van der Waals surface area contributed by atoms with Gasteiger partial charge in [-0.3, -0.25) is 24.7 Å². The van der Waals surface area contributed by atoms with E-state index in [2.05, 4.69) is 0 Å². The summed E-state index contributed by atoms with van der Waals surface area (Å²) in [5, 5.41) is 0. The number of rotatable bonds is 3. The second kappa shape index (κ2) is 4.71. The van der Waals surface area contributed by atoms with E-state index in [-0.39, 0.29) is 30.7 Å². The van der Waals surface area contributed by atoms with Crippen molar-refractivity contribution in [3.8, 4) is 0 Å². The third-order valence-corrected chi connectivity index (χ3v) is 2.11. The van der Waals surface area contributed by atoms with Crippen LogP contribution < -0.4 is 11.3 Å². The largest absolute Gasteiger partial charge is 0.294 e. The van der Waals surface area contributed by atoms with Crippen LogP contribution in [0.1, 0.15) is 25.7 Å². The summed E-state index contributed by atoms with van der Waals surface area (Å²) in [5.74, 6) is 4.09. The van der Waals surface area contributed by atoms with Crippen LogP contribution in [0.2, 0.25) is 0 Å². The maximum atomic E-state index is 11.2. The molecule has 6 nitrogen and oxygen atoms in total. The summed E-state index contributed by atoms with van der Waals surface area (Å²) in [5.41, 5.74) is 1.95. The van der Waals surface area contributed by atoms with Gasteiger partial charge in [0, 0.05) is 25.8 Å². The van der Waals surface area contributed by atoms with Gasteiger partial charge in [-0.1, -0.05) is 0 Å². The SMILES string of the molecule is NNC(=O)CCN1C(=O)CCCC1=O. The molecule has 0 aromatic heterocycles. The van der Waals surface area contributed by atoms with Crippen LogP contribution in [-0.4, -0.2) is 29.2 Å². The molecule has 14 heavy (non-hydrogen) atoms. The molecule has 1 saturated heterocycles. The second-order valence-corrected chi connectivity index (χ2v) is 3.11. The Morgan fingerprint density at radius 2 is 1.93 bits per heavy atom. The first-order valence-corrected chi connectivity index (χ1v) is 4.48. The Balaban J connectivity index is 2.44. The predicted molar refractivity (Wildman–Crippen MR) is 47.5 cm³/mol. The minimum Gasteiger partial charge on any atom is -0.294 e. The lowest BCUT2D eigenvalue weighted by molar-refractivity contribution is -0.148. The zero-order valence-corrected chi connectivity index (χ0v) is 7.78. The number of amides is 3. The van der Waals surface area contributed by atoms with Gasteiger partial charge < -0.3 is 0 Å². The summed E-state index contributed by atoms with van der Waals surface area (Å²) in [6, 6.07) is 0. The summed E-state index contributed by atoms with van der Waals surface area (Å²) in [6.07, 6.45) is 1.44. The Morgan fingerprint density at radius 1 is 1.36 bits per heavy atom. The molecule has 0 atom stereocenters. The molecule has 78 valence electrons. The maximum Gasteiger partial charge on any atom is 0.235 e. The Bertz CT molecular complexity index is 249. The van der Waals surface area contributed by atoms with Crippen molar-refractivity contribution in [2.24, 2.45) is 5.84 Å². The van der Waals surface area contributed by atoms with E-state index in [1.165, 1.54) is 0 Å². The summed E-state index contributed by atoms with van der Waals surface area (Å²) >= 11 is 0. The predicted octanol–water partition coefficient (Wildman–Crippen LogP) is -1.09. The van der Waals surface area contributed by atoms with Crippen LogP contribution >= 0.6 is 0 Å². The highest BCUT2D eigenvalue weighted by molar-refractivity contribution is 5.97. The fourth-order valence-electron chi connectivity index (χ4n) is 1.33. The van der Waals surface area contributed by atoms with Crippen molar-refractivity contribution in [2.75, 3.05) is 6.54 Å². The quantitative estimate of drug-likeness (QED) is 0.261. The van der Waals surface area contributed by atoms with Gasteiger partial charge in [0.25, 0.3) is 0 Å². The Morgan fingerprint density at radius 3 is 2.43 bits per heavy atom. The smallest absolute Gasteiger partial charge is 0.235 e. The third-order valence-electron chi connectivity index (χ3n) is 2.11. The van der Waals surface area contributed by atoms with Crippen molar-refractivity contribution >= 4 is 17.7 Å². The summed E-state index contributed by atoms with van der Waals surface area (Å²) < 4.78 is 0. The summed E-state index contributed by atoms with van der Waals surface area (Å²) in [4.78, 5) is 34.4. The molecule has 1 heterocycles. The summed E-state index contributed by atoms with van der Waals surface area (Å²) in [7, 11) is 0. The summed E-state index contributed by atoms with van der Waals surface area (Å²) in [6.45, 7) is 0.126. The van der Waals surface area contributed by atoms with Crippen LogP contribution in [0.3, 0.4) is 0 Å². The molecule has 0 bridgehead atoms. The minimum absolute atomic E-state index is 0.0635. The molecule has 1 aliphatic heterocycles. The first-order chi connectivity index (χ1) is 6.65. The highest BCUT2D eigenvalue weighted by Crippen LogP contribution is 2.12. The molecule has 3 amide bonds. The van der Waals surface area contributed by atoms with Gasteiger partial charge in [0.1, 0.15) is 0 Å². The molecule has 0 aromatic carbocycles. The van der Waals surface area contributed by atoms with Crippen LogP contribution in [0.25, 0.3) is 0 Å². The van der Waals surface area contributed by atoms with Gasteiger partial charge in [-0.2, -0.15) is 0 Å². The molecule has 6 heteroatoms. The Kier molecular flexibility index (Phi) is 3.58. The van der Waals surface area contributed by atoms with E-state index in [9.17, 15) is 14.4 Å². The number of hydrogen-bond donors (Lipinski definition) is 2. The Hall–Kier alpha value is -1.43. The molecule has 1 aliphatic rings. The normalized spacial score (nSPS) is 17.1. The van der Waals surface area contributed by atoms with Crippen LogP contribution in [0.4, 0.5) is 0 Å². The van der Waals surface area contributed by atoms with Gasteiger partial charge in [0.15, 0.2) is 0 Å². The number of imide groups is 1. The molecule has 0 spiro atoms. The molecule has 1 rings (SSSR count). The van der Waals surface area contributed by atoms with E-state index >= 15 is 0 Å². The number of nitrogens with zero attached hydrogens (tertiary/aromatic N) is 1. The molecule has 0 aliphatic carbocycles. The number of carbonyl (C=O) groups excluding carboxylic acids is 3. The molecular formula is C8H13N3O3. The van der Waals surface area contributed by atoms with E-state index in [0.29, 0.717) is 19.3 Å². The third kappa shape index (κ3) is 2.53. The lowest BCUT2D eigenvalue weighted by atomic mass is 10.1. The van der Waals surface area contributed by atoms with E-state index in [4.69, 9.17) is 5.84 Å². The van der Waals surface area contributed by atoms with Crippen molar-refractivity contribution in [1.82, 2.24) is 10.3 Å². The lowest BCUT2D eigenvalue weighted by Crippen LogP contribution is -2.42. The van der Waals surface area contributed by atoms with Crippen molar-refractivity contribution in [3.05, 3.63) is 0 Å². The number of nitrogens with one attached hydrogen (secondary N) is 1. The van der Waals surface area contributed by atoms with Crippen LogP contribution in [0, 0.1) is 0 Å². The fraction of sp³-hybridized carbons (Fsp3) is 0.625. The molecule has 1 fully saturated rings. The van der Waals surface area contributed by atoms with Crippen molar-refractivity contribution < 1.29 is 14.4 Å². The first-order valence-electron chi connectivity index (χ1n) is 4.48. The average Bonchev–Trinajstić information content (AvgIpc) is 2.16. The van der Waals surface area contributed by atoms with Crippen molar-refractivity contribution in [3.63, 3.8) is 0 Å². The van der Waals surface area contributed by atoms with E-state index in [1.54, 1.807) is 0 Å². The van der Waals surface area contributed by atoms with Gasteiger partial charge in [-0.05, 0) is 6.42 Å². The molecule has 3 N–H and O–H groups in total. The number of nitrogens with two attached hydrogens (primary N) is 1. The van der Waals surface area contributed by atoms with Crippen molar-refractivity contribution in [1.29, 1.82) is 0 Å². The monoisotopic (exact) mass is 199 g/mol. The first kappa shape index (κ1) is 10.6. The minimum atomic E-state index is -0.379.